The molecule has 0 fully saturated rings. The highest BCUT2D eigenvalue weighted by molar-refractivity contribution is 5.94. The fraction of sp³-hybridized carbons (Fsp3) is 0.385. The fourth-order valence-corrected chi connectivity index (χ4v) is 1.56. The Morgan fingerprint density at radius 1 is 1.26 bits per heavy atom. The second kappa shape index (κ2) is 6.84. The minimum atomic E-state index is -0.586. The van der Waals surface area contributed by atoms with Crippen molar-refractivity contribution in [2.75, 3.05) is 27.7 Å². The van der Waals surface area contributed by atoms with E-state index in [1.54, 1.807) is 20.2 Å². The second-order valence-electron chi connectivity index (χ2n) is 4.08. The van der Waals surface area contributed by atoms with Gasteiger partial charge in [0.2, 0.25) is 0 Å². The van der Waals surface area contributed by atoms with E-state index in [4.69, 9.17) is 0 Å². The molecular weight excluding hydrogens is 251 g/mol. The van der Waals surface area contributed by atoms with Gasteiger partial charge in [0.05, 0.1) is 19.1 Å². The second-order valence-corrected chi connectivity index (χ2v) is 4.08. The predicted octanol–water partition coefficient (Wildman–Crippen LogP) is 1.31. The largest absolute Gasteiger partial charge is 0.469 e. The topological polar surface area (TPSA) is 49.9 Å². The number of hydrazine groups is 1. The Balaban J connectivity index is 2.85. The Labute approximate surface area is 111 Å². The number of esters is 1. The van der Waals surface area contributed by atoms with Gasteiger partial charge in [-0.3, -0.25) is 14.6 Å². The van der Waals surface area contributed by atoms with E-state index < -0.39 is 17.7 Å². The van der Waals surface area contributed by atoms with Gasteiger partial charge in [0.15, 0.2) is 0 Å². The van der Waals surface area contributed by atoms with Crippen LogP contribution in [0.15, 0.2) is 24.3 Å². The van der Waals surface area contributed by atoms with E-state index in [0.717, 1.165) is 0 Å². The van der Waals surface area contributed by atoms with Gasteiger partial charge >= 0.3 is 5.97 Å². The van der Waals surface area contributed by atoms with Crippen molar-refractivity contribution in [3.05, 3.63) is 35.6 Å². The van der Waals surface area contributed by atoms with Crippen molar-refractivity contribution in [2.45, 2.75) is 6.42 Å². The lowest BCUT2D eigenvalue weighted by atomic mass is 10.2. The molecule has 0 heterocycles. The Kier molecular flexibility index (Phi) is 5.44. The third kappa shape index (κ3) is 4.03. The molecule has 0 radical (unpaired) electrons. The van der Waals surface area contributed by atoms with Crippen molar-refractivity contribution in [1.82, 2.24) is 10.0 Å². The minimum Gasteiger partial charge on any atom is -0.469 e. The molecule has 0 atom stereocenters. The van der Waals surface area contributed by atoms with Crippen LogP contribution in [0.1, 0.15) is 16.8 Å². The maximum absolute atomic E-state index is 13.6. The molecule has 0 saturated heterocycles. The fourth-order valence-electron chi connectivity index (χ4n) is 1.56. The van der Waals surface area contributed by atoms with E-state index in [1.807, 2.05) is 0 Å². The van der Waals surface area contributed by atoms with Crippen LogP contribution < -0.4 is 0 Å². The summed E-state index contributed by atoms with van der Waals surface area (Å²) in [4.78, 5) is 23.3. The van der Waals surface area contributed by atoms with Crippen LogP contribution in [0.2, 0.25) is 0 Å². The summed E-state index contributed by atoms with van der Waals surface area (Å²) in [6.07, 6.45) is 0.0505. The SMILES string of the molecule is COC(=O)CCN(C(=O)c1ccccc1F)N(C)C. The molecule has 0 saturated carbocycles. The predicted molar refractivity (Wildman–Crippen MR) is 67.8 cm³/mol. The monoisotopic (exact) mass is 268 g/mol. The number of carbonyl (C=O) groups is 2. The van der Waals surface area contributed by atoms with Gasteiger partial charge in [-0.05, 0) is 12.1 Å². The molecule has 104 valence electrons. The van der Waals surface area contributed by atoms with Crippen LogP contribution in [-0.2, 0) is 9.53 Å². The Bertz CT molecular complexity index is 463. The van der Waals surface area contributed by atoms with Crippen LogP contribution in [0.25, 0.3) is 0 Å². The molecule has 5 nitrogen and oxygen atoms in total. The Morgan fingerprint density at radius 3 is 2.42 bits per heavy atom. The van der Waals surface area contributed by atoms with Gasteiger partial charge in [-0.25, -0.2) is 9.40 Å². The number of ether oxygens (including phenoxy) is 1. The first-order valence-corrected chi connectivity index (χ1v) is 5.77. The summed E-state index contributed by atoms with van der Waals surface area (Å²) in [6.45, 7) is 0.132. The number of amides is 1. The van der Waals surface area contributed by atoms with Gasteiger partial charge in [0, 0.05) is 20.6 Å². The number of hydrogen-bond donors (Lipinski definition) is 0. The van der Waals surface area contributed by atoms with E-state index >= 15 is 0 Å². The summed E-state index contributed by atoms with van der Waals surface area (Å²) >= 11 is 0. The lowest BCUT2D eigenvalue weighted by molar-refractivity contribution is -0.141. The summed E-state index contributed by atoms with van der Waals surface area (Å²) in [5.74, 6) is -1.50. The zero-order chi connectivity index (χ0) is 14.4. The number of methoxy groups -OCH3 is 1. The average Bonchev–Trinajstić information content (AvgIpc) is 2.38. The molecule has 6 heteroatoms. The molecule has 0 N–H and O–H groups in total. The first kappa shape index (κ1) is 15.1. The summed E-state index contributed by atoms with van der Waals surface area (Å²) in [6, 6.07) is 5.73. The van der Waals surface area contributed by atoms with Gasteiger partial charge < -0.3 is 4.74 Å². The molecule has 1 aromatic carbocycles. The van der Waals surface area contributed by atoms with Gasteiger partial charge in [0.25, 0.3) is 5.91 Å². The average molecular weight is 268 g/mol. The van der Waals surface area contributed by atoms with Crippen molar-refractivity contribution in [3.8, 4) is 0 Å². The maximum Gasteiger partial charge on any atom is 0.307 e. The molecule has 0 aliphatic heterocycles. The molecule has 0 bridgehead atoms. The lowest BCUT2D eigenvalue weighted by Crippen LogP contribution is -2.43. The summed E-state index contributed by atoms with van der Waals surface area (Å²) < 4.78 is 18.1. The van der Waals surface area contributed by atoms with Gasteiger partial charge in [0.1, 0.15) is 5.82 Å². The number of halogens is 1. The molecule has 0 aromatic heterocycles. The highest BCUT2D eigenvalue weighted by atomic mass is 19.1. The van der Waals surface area contributed by atoms with Crippen molar-refractivity contribution in [1.29, 1.82) is 0 Å². The number of rotatable bonds is 5. The van der Waals surface area contributed by atoms with Crippen LogP contribution >= 0.6 is 0 Å². The molecule has 1 aromatic rings. The highest BCUT2D eigenvalue weighted by Crippen LogP contribution is 2.11. The summed E-state index contributed by atoms with van der Waals surface area (Å²) in [5, 5.41) is 2.80. The van der Waals surface area contributed by atoms with Crippen molar-refractivity contribution < 1.29 is 18.7 Å². The van der Waals surface area contributed by atoms with Gasteiger partial charge in [-0.2, -0.15) is 0 Å². The van der Waals surface area contributed by atoms with E-state index in [-0.39, 0.29) is 18.5 Å². The Morgan fingerprint density at radius 2 is 1.89 bits per heavy atom. The molecule has 0 unspecified atom stereocenters. The standard InChI is InChI=1S/C13H17FN2O3/c1-15(2)16(9-8-12(17)19-3)13(18)10-6-4-5-7-11(10)14/h4-7H,8-9H2,1-3H3. The van der Waals surface area contributed by atoms with Crippen LogP contribution in [-0.4, -0.2) is 49.6 Å². The third-order valence-corrected chi connectivity index (χ3v) is 2.58. The molecule has 1 rings (SSSR count). The van der Waals surface area contributed by atoms with Crippen molar-refractivity contribution in [3.63, 3.8) is 0 Å². The molecular formula is C13H17FN2O3. The number of carbonyl (C=O) groups excluding carboxylic acids is 2. The van der Waals surface area contributed by atoms with Crippen LogP contribution in [0.5, 0.6) is 0 Å². The molecule has 19 heavy (non-hydrogen) atoms. The normalized spacial score (nSPS) is 10.4. The van der Waals surface area contributed by atoms with Crippen LogP contribution in [0.4, 0.5) is 4.39 Å². The quantitative estimate of drug-likeness (QED) is 0.597. The Hall–Kier alpha value is -1.95. The number of nitrogens with zero attached hydrogens (tertiary/aromatic N) is 2. The van der Waals surface area contributed by atoms with E-state index in [2.05, 4.69) is 4.74 Å². The van der Waals surface area contributed by atoms with Gasteiger partial charge in [-0.1, -0.05) is 12.1 Å². The first-order chi connectivity index (χ1) is 8.97. The van der Waals surface area contributed by atoms with Crippen LogP contribution in [0.3, 0.4) is 0 Å². The number of hydrogen-bond acceptors (Lipinski definition) is 4. The lowest BCUT2D eigenvalue weighted by Gasteiger charge is -2.28. The maximum atomic E-state index is 13.6. The first-order valence-electron chi connectivity index (χ1n) is 5.77. The molecule has 0 aliphatic rings. The van der Waals surface area contributed by atoms with Crippen molar-refractivity contribution >= 4 is 11.9 Å². The number of benzene rings is 1. The minimum absolute atomic E-state index is 0.0268. The zero-order valence-electron chi connectivity index (χ0n) is 11.2. The smallest absolute Gasteiger partial charge is 0.307 e. The van der Waals surface area contributed by atoms with Gasteiger partial charge in [-0.15, -0.1) is 0 Å². The summed E-state index contributed by atoms with van der Waals surface area (Å²) in [5.41, 5.74) is -0.0268. The van der Waals surface area contributed by atoms with E-state index in [0.29, 0.717) is 0 Å². The van der Waals surface area contributed by atoms with E-state index in [9.17, 15) is 14.0 Å². The molecule has 0 spiro atoms. The summed E-state index contributed by atoms with van der Waals surface area (Å²) in [7, 11) is 4.58. The molecule has 1 amide bonds. The molecule has 0 aliphatic carbocycles. The third-order valence-electron chi connectivity index (χ3n) is 2.58. The van der Waals surface area contributed by atoms with Crippen LogP contribution in [0, 0.1) is 5.82 Å². The zero-order valence-corrected chi connectivity index (χ0v) is 11.2. The highest BCUT2D eigenvalue weighted by Gasteiger charge is 2.21. The van der Waals surface area contributed by atoms with Crippen molar-refractivity contribution in [2.24, 2.45) is 0 Å². The van der Waals surface area contributed by atoms with E-state index in [1.165, 1.54) is 35.3 Å².